The molecule has 0 atom stereocenters. The van der Waals surface area contributed by atoms with E-state index in [1.54, 1.807) is 0 Å². The van der Waals surface area contributed by atoms with Crippen molar-refractivity contribution in [3.8, 4) is 0 Å². The molecule has 0 saturated carbocycles. The maximum atomic E-state index is 10.8. The predicted molar refractivity (Wildman–Crippen MR) is 65.7 cm³/mol. The zero-order chi connectivity index (χ0) is 12.3. The molecule has 5 heteroatoms. The molecule has 1 heterocycles. The van der Waals surface area contributed by atoms with Crippen molar-refractivity contribution in [1.82, 2.24) is 9.80 Å². The highest BCUT2D eigenvalue weighted by Crippen LogP contribution is 2.11. The molecule has 17 heavy (non-hydrogen) atoms. The van der Waals surface area contributed by atoms with Crippen molar-refractivity contribution in [2.45, 2.75) is 6.54 Å². The van der Waals surface area contributed by atoms with Gasteiger partial charge in [-0.15, -0.1) is 0 Å². The molecule has 1 saturated heterocycles. The van der Waals surface area contributed by atoms with Crippen LogP contribution in [0.3, 0.4) is 0 Å². The molecule has 0 aliphatic carbocycles. The standard InChI is InChI=1S/C12H17N3O2/c13-11-3-1-2-10(8-11)9-14-4-6-15(7-5-14)12(16)17/h1-3,8H,4-7,9,13H2,(H,16,17). The number of nitrogens with two attached hydrogens (primary N) is 1. The van der Waals surface area contributed by atoms with Gasteiger partial charge in [-0.05, 0) is 17.7 Å². The Labute approximate surface area is 100 Å². The highest BCUT2D eigenvalue weighted by Gasteiger charge is 2.19. The molecule has 1 aromatic rings. The van der Waals surface area contributed by atoms with Crippen LogP contribution in [0.25, 0.3) is 0 Å². The van der Waals surface area contributed by atoms with E-state index in [-0.39, 0.29) is 0 Å². The summed E-state index contributed by atoms with van der Waals surface area (Å²) in [5.74, 6) is 0. The fourth-order valence-electron chi connectivity index (χ4n) is 2.05. The van der Waals surface area contributed by atoms with E-state index in [1.165, 1.54) is 10.5 Å². The van der Waals surface area contributed by atoms with Gasteiger partial charge in [0.15, 0.2) is 0 Å². The van der Waals surface area contributed by atoms with E-state index in [2.05, 4.69) is 4.90 Å². The van der Waals surface area contributed by atoms with Crippen LogP contribution in [0, 0.1) is 0 Å². The van der Waals surface area contributed by atoms with Gasteiger partial charge in [0.1, 0.15) is 0 Å². The van der Waals surface area contributed by atoms with Gasteiger partial charge in [-0.2, -0.15) is 0 Å². The van der Waals surface area contributed by atoms with Gasteiger partial charge in [0.05, 0.1) is 0 Å². The van der Waals surface area contributed by atoms with Gasteiger partial charge in [-0.25, -0.2) is 4.79 Å². The van der Waals surface area contributed by atoms with Crippen LogP contribution in [-0.4, -0.2) is 47.2 Å². The van der Waals surface area contributed by atoms with E-state index >= 15 is 0 Å². The minimum absolute atomic E-state index is 0.581. The third-order valence-corrected chi connectivity index (χ3v) is 3.00. The first-order valence-electron chi connectivity index (χ1n) is 5.70. The van der Waals surface area contributed by atoms with Gasteiger partial charge >= 0.3 is 6.09 Å². The van der Waals surface area contributed by atoms with Gasteiger partial charge in [0, 0.05) is 38.4 Å². The van der Waals surface area contributed by atoms with E-state index in [4.69, 9.17) is 10.8 Å². The van der Waals surface area contributed by atoms with Crippen LogP contribution < -0.4 is 5.73 Å². The topological polar surface area (TPSA) is 69.8 Å². The molecule has 5 nitrogen and oxygen atoms in total. The number of rotatable bonds is 2. The summed E-state index contributed by atoms with van der Waals surface area (Å²) in [6.45, 7) is 3.55. The zero-order valence-electron chi connectivity index (χ0n) is 9.67. The van der Waals surface area contributed by atoms with Crippen LogP contribution in [0.5, 0.6) is 0 Å². The van der Waals surface area contributed by atoms with Gasteiger partial charge in [-0.3, -0.25) is 4.90 Å². The molecule has 1 amide bonds. The molecule has 92 valence electrons. The molecule has 0 aromatic heterocycles. The Morgan fingerprint density at radius 2 is 2.00 bits per heavy atom. The van der Waals surface area contributed by atoms with Crippen molar-refractivity contribution in [2.24, 2.45) is 0 Å². The minimum Gasteiger partial charge on any atom is -0.465 e. The molecular formula is C12H17N3O2. The monoisotopic (exact) mass is 235 g/mol. The second-order valence-electron chi connectivity index (χ2n) is 4.29. The SMILES string of the molecule is Nc1cccc(CN2CCN(C(=O)O)CC2)c1. The lowest BCUT2D eigenvalue weighted by Crippen LogP contribution is -2.47. The molecule has 0 bridgehead atoms. The average molecular weight is 235 g/mol. The number of piperazine rings is 1. The number of hydrogen-bond donors (Lipinski definition) is 2. The second-order valence-corrected chi connectivity index (χ2v) is 4.29. The molecule has 2 rings (SSSR count). The van der Waals surface area contributed by atoms with Crippen molar-refractivity contribution in [3.63, 3.8) is 0 Å². The average Bonchev–Trinajstić information content (AvgIpc) is 2.29. The summed E-state index contributed by atoms with van der Waals surface area (Å²) in [5, 5.41) is 8.84. The van der Waals surface area contributed by atoms with E-state index in [0.717, 1.165) is 25.3 Å². The van der Waals surface area contributed by atoms with Crippen molar-refractivity contribution < 1.29 is 9.90 Å². The Balaban J connectivity index is 1.88. The molecule has 1 aliphatic heterocycles. The number of benzene rings is 1. The number of carboxylic acid groups (broad SMARTS) is 1. The molecule has 1 fully saturated rings. The zero-order valence-corrected chi connectivity index (χ0v) is 9.67. The van der Waals surface area contributed by atoms with Gasteiger partial charge in [0.25, 0.3) is 0 Å². The van der Waals surface area contributed by atoms with Crippen molar-refractivity contribution in [1.29, 1.82) is 0 Å². The van der Waals surface area contributed by atoms with Gasteiger partial charge in [-0.1, -0.05) is 12.1 Å². The Hall–Kier alpha value is -1.75. The molecule has 3 N–H and O–H groups in total. The van der Waals surface area contributed by atoms with Crippen molar-refractivity contribution in [2.75, 3.05) is 31.9 Å². The Morgan fingerprint density at radius 3 is 2.59 bits per heavy atom. The third kappa shape index (κ3) is 3.10. The van der Waals surface area contributed by atoms with Crippen LogP contribution in [0.2, 0.25) is 0 Å². The van der Waals surface area contributed by atoms with Crippen molar-refractivity contribution in [3.05, 3.63) is 29.8 Å². The summed E-state index contributed by atoms with van der Waals surface area (Å²) in [7, 11) is 0. The predicted octanol–water partition coefficient (Wildman–Crippen LogP) is 1.06. The Bertz CT molecular complexity index is 400. The fourth-order valence-corrected chi connectivity index (χ4v) is 2.05. The quantitative estimate of drug-likeness (QED) is 0.752. The van der Waals surface area contributed by atoms with Crippen LogP contribution in [0.15, 0.2) is 24.3 Å². The lowest BCUT2D eigenvalue weighted by molar-refractivity contribution is 0.103. The number of nitrogen functional groups attached to an aromatic ring is 1. The summed E-state index contributed by atoms with van der Waals surface area (Å²) in [4.78, 5) is 14.5. The molecular weight excluding hydrogens is 218 g/mol. The second kappa shape index (κ2) is 5.05. The fraction of sp³-hybridized carbons (Fsp3) is 0.417. The lowest BCUT2D eigenvalue weighted by atomic mass is 10.2. The molecule has 0 radical (unpaired) electrons. The first-order valence-corrected chi connectivity index (χ1v) is 5.70. The van der Waals surface area contributed by atoms with Crippen LogP contribution in [0.1, 0.15) is 5.56 Å². The molecule has 1 aliphatic rings. The van der Waals surface area contributed by atoms with Gasteiger partial charge < -0.3 is 15.7 Å². The van der Waals surface area contributed by atoms with Gasteiger partial charge in [0.2, 0.25) is 0 Å². The summed E-state index contributed by atoms with van der Waals surface area (Å²) in [6, 6.07) is 7.81. The molecule has 0 spiro atoms. The first-order chi connectivity index (χ1) is 8.15. The number of anilines is 1. The van der Waals surface area contributed by atoms with Crippen LogP contribution in [0.4, 0.5) is 10.5 Å². The Kier molecular flexibility index (Phi) is 3.49. The van der Waals surface area contributed by atoms with E-state index in [1.807, 2.05) is 24.3 Å². The third-order valence-electron chi connectivity index (χ3n) is 3.00. The maximum absolute atomic E-state index is 10.8. The summed E-state index contributed by atoms with van der Waals surface area (Å²) in [5.41, 5.74) is 7.67. The van der Waals surface area contributed by atoms with E-state index < -0.39 is 6.09 Å². The minimum atomic E-state index is -0.825. The first kappa shape index (κ1) is 11.7. The number of amides is 1. The number of nitrogens with zero attached hydrogens (tertiary/aromatic N) is 2. The number of carbonyl (C=O) groups is 1. The summed E-state index contributed by atoms with van der Waals surface area (Å²) < 4.78 is 0. The Morgan fingerprint density at radius 1 is 1.29 bits per heavy atom. The molecule has 0 unspecified atom stereocenters. The lowest BCUT2D eigenvalue weighted by Gasteiger charge is -2.33. The van der Waals surface area contributed by atoms with E-state index in [0.29, 0.717) is 13.1 Å². The van der Waals surface area contributed by atoms with Crippen LogP contribution in [-0.2, 0) is 6.54 Å². The highest BCUT2D eigenvalue weighted by molar-refractivity contribution is 5.65. The van der Waals surface area contributed by atoms with Crippen molar-refractivity contribution >= 4 is 11.8 Å². The maximum Gasteiger partial charge on any atom is 0.407 e. The molecule has 1 aromatic carbocycles. The highest BCUT2D eigenvalue weighted by atomic mass is 16.4. The normalized spacial score (nSPS) is 17.1. The number of hydrogen-bond acceptors (Lipinski definition) is 3. The summed E-state index contributed by atoms with van der Waals surface area (Å²) >= 11 is 0. The van der Waals surface area contributed by atoms with E-state index in [9.17, 15) is 4.79 Å². The smallest absolute Gasteiger partial charge is 0.407 e. The van der Waals surface area contributed by atoms with Crippen LogP contribution >= 0.6 is 0 Å². The summed E-state index contributed by atoms with van der Waals surface area (Å²) in [6.07, 6.45) is -0.825. The largest absolute Gasteiger partial charge is 0.465 e.